The van der Waals surface area contributed by atoms with Gasteiger partial charge in [0, 0.05) is 0 Å². The summed E-state index contributed by atoms with van der Waals surface area (Å²) in [4.78, 5) is 0. The first-order chi connectivity index (χ1) is 6.35. The van der Waals surface area contributed by atoms with Gasteiger partial charge in [-0.05, 0) is 25.3 Å². The van der Waals surface area contributed by atoms with Crippen LogP contribution in [0.4, 0.5) is 0 Å². The van der Waals surface area contributed by atoms with E-state index < -0.39 is 0 Å². The van der Waals surface area contributed by atoms with Gasteiger partial charge in [-0.1, -0.05) is 52.4 Å². The molecule has 0 aromatic heterocycles. The van der Waals surface area contributed by atoms with Crippen LogP contribution < -0.4 is 5.73 Å². The fourth-order valence-electron chi connectivity index (χ4n) is 1.83. The van der Waals surface area contributed by atoms with E-state index in [2.05, 4.69) is 13.8 Å². The fourth-order valence-corrected chi connectivity index (χ4v) is 1.83. The van der Waals surface area contributed by atoms with Gasteiger partial charge in [0.25, 0.3) is 0 Å². The van der Waals surface area contributed by atoms with Gasteiger partial charge in [0.05, 0.1) is 0 Å². The number of hydrogen-bond acceptors (Lipinski definition) is 1. The van der Waals surface area contributed by atoms with E-state index in [1.807, 2.05) is 0 Å². The molecule has 0 unspecified atom stereocenters. The molecule has 0 spiro atoms. The quantitative estimate of drug-likeness (QED) is 0.582. The van der Waals surface area contributed by atoms with Crippen LogP contribution in [0.15, 0.2) is 0 Å². The highest BCUT2D eigenvalue weighted by Gasteiger charge is 2.06. The molecule has 0 atom stereocenters. The smallest absolute Gasteiger partial charge is 0.00772 e. The summed E-state index contributed by atoms with van der Waals surface area (Å²) in [5.41, 5.74) is 5.53. The predicted octanol–water partition coefficient (Wildman–Crippen LogP) is 3.72. The monoisotopic (exact) mass is 185 g/mol. The van der Waals surface area contributed by atoms with E-state index >= 15 is 0 Å². The zero-order valence-corrected chi connectivity index (χ0v) is 9.52. The second-order valence-electron chi connectivity index (χ2n) is 4.08. The number of hydrogen-bond donors (Lipinski definition) is 1. The molecular formula is C12H27N. The Morgan fingerprint density at radius 1 is 0.846 bits per heavy atom. The Labute approximate surface area is 84.1 Å². The minimum Gasteiger partial charge on any atom is -0.330 e. The lowest BCUT2D eigenvalue weighted by atomic mass is 9.92. The lowest BCUT2D eigenvalue weighted by molar-refractivity contribution is 0.386. The van der Waals surface area contributed by atoms with Crippen LogP contribution in [0.3, 0.4) is 0 Å². The molecule has 0 aromatic carbocycles. The van der Waals surface area contributed by atoms with Gasteiger partial charge >= 0.3 is 0 Å². The van der Waals surface area contributed by atoms with E-state index in [9.17, 15) is 0 Å². The number of unbranched alkanes of at least 4 members (excludes halogenated alkanes) is 2. The van der Waals surface area contributed by atoms with Crippen molar-refractivity contribution in [2.45, 2.75) is 65.2 Å². The number of rotatable bonds is 9. The maximum absolute atomic E-state index is 5.53. The van der Waals surface area contributed by atoms with Crippen LogP contribution in [-0.2, 0) is 0 Å². The van der Waals surface area contributed by atoms with Gasteiger partial charge in [-0.2, -0.15) is 0 Å². The molecule has 0 saturated heterocycles. The molecule has 0 rings (SSSR count). The molecule has 0 fully saturated rings. The predicted molar refractivity (Wildman–Crippen MR) is 60.8 cm³/mol. The molecule has 13 heavy (non-hydrogen) atoms. The highest BCUT2D eigenvalue weighted by atomic mass is 14.5. The first kappa shape index (κ1) is 13.0. The van der Waals surface area contributed by atoms with Crippen LogP contribution in [0, 0.1) is 5.92 Å². The first-order valence-corrected chi connectivity index (χ1v) is 6.05. The largest absolute Gasteiger partial charge is 0.330 e. The SMILES string of the molecule is CCCCC(CCCC)CCCN. The van der Waals surface area contributed by atoms with E-state index in [-0.39, 0.29) is 0 Å². The topological polar surface area (TPSA) is 26.0 Å². The van der Waals surface area contributed by atoms with Crippen LogP contribution in [0.5, 0.6) is 0 Å². The van der Waals surface area contributed by atoms with Crippen LogP contribution in [-0.4, -0.2) is 6.54 Å². The summed E-state index contributed by atoms with van der Waals surface area (Å²) >= 11 is 0. The van der Waals surface area contributed by atoms with Gasteiger partial charge < -0.3 is 5.73 Å². The zero-order valence-electron chi connectivity index (χ0n) is 9.52. The Hall–Kier alpha value is -0.0400. The molecule has 0 aromatic rings. The van der Waals surface area contributed by atoms with E-state index in [0.717, 1.165) is 12.5 Å². The summed E-state index contributed by atoms with van der Waals surface area (Å²) in [5.74, 6) is 0.962. The van der Waals surface area contributed by atoms with Gasteiger partial charge in [-0.3, -0.25) is 0 Å². The Balaban J connectivity index is 3.47. The van der Waals surface area contributed by atoms with E-state index in [4.69, 9.17) is 5.73 Å². The zero-order chi connectivity index (χ0) is 9.94. The summed E-state index contributed by atoms with van der Waals surface area (Å²) in [5, 5.41) is 0. The van der Waals surface area contributed by atoms with Crippen LogP contribution in [0.25, 0.3) is 0 Å². The van der Waals surface area contributed by atoms with Gasteiger partial charge in [0.2, 0.25) is 0 Å². The van der Waals surface area contributed by atoms with Gasteiger partial charge in [-0.15, -0.1) is 0 Å². The van der Waals surface area contributed by atoms with E-state index in [1.165, 1.54) is 51.4 Å². The van der Waals surface area contributed by atoms with Crippen molar-refractivity contribution in [3.8, 4) is 0 Å². The van der Waals surface area contributed by atoms with Gasteiger partial charge in [-0.25, -0.2) is 0 Å². The molecule has 0 aliphatic carbocycles. The minimum absolute atomic E-state index is 0.870. The maximum atomic E-state index is 5.53. The minimum atomic E-state index is 0.870. The van der Waals surface area contributed by atoms with Crippen molar-refractivity contribution in [3.05, 3.63) is 0 Å². The molecule has 0 heterocycles. The second-order valence-corrected chi connectivity index (χ2v) is 4.08. The third-order valence-corrected chi connectivity index (χ3v) is 2.75. The summed E-state index contributed by atoms with van der Waals surface area (Å²) in [6.07, 6.45) is 10.9. The van der Waals surface area contributed by atoms with Crippen molar-refractivity contribution in [3.63, 3.8) is 0 Å². The third-order valence-electron chi connectivity index (χ3n) is 2.75. The average molecular weight is 185 g/mol. The summed E-state index contributed by atoms with van der Waals surface area (Å²) in [7, 11) is 0. The van der Waals surface area contributed by atoms with Crippen molar-refractivity contribution in [1.82, 2.24) is 0 Å². The average Bonchev–Trinajstić information content (AvgIpc) is 2.17. The summed E-state index contributed by atoms with van der Waals surface area (Å²) in [6, 6.07) is 0. The number of nitrogens with two attached hydrogens (primary N) is 1. The standard InChI is InChI=1S/C12H27N/c1-3-5-8-12(9-6-4-2)10-7-11-13/h12H,3-11,13H2,1-2H3. The van der Waals surface area contributed by atoms with E-state index in [0.29, 0.717) is 0 Å². The van der Waals surface area contributed by atoms with Crippen molar-refractivity contribution in [2.24, 2.45) is 11.7 Å². The van der Waals surface area contributed by atoms with Crippen LogP contribution in [0.1, 0.15) is 65.2 Å². The molecule has 0 saturated carbocycles. The highest BCUT2D eigenvalue weighted by molar-refractivity contribution is 4.60. The normalized spacial score (nSPS) is 11.1. The molecule has 0 bridgehead atoms. The Morgan fingerprint density at radius 2 is 1.31 bits per heavy atom. The van der Waals surface area contributed by atoms with E-state index in [1.54, 1.807) is 0 Å². The Morgan fingerprint density at radius 3 is 1.69 bits per heavy atom. The molecule has 0 aliphatic rings. The molecule has 0 radical (unpaired) electrons. The van der Waals surface area contributed by atoms with Crippen LogP contribution >= 0.6 is 0 Å². The Bertz CT molecular complexity index is 72.1. The fraction of sp³-hybridized carbons (Fsp3) is 1.00. The molecular weight excluding hydrogens is 158 g/mol. The molecule has 0 amide bonds. The molecule has 2 N–H and O–H groups in total. The lowest BCUT2D eigenvalue weighted by Gasteiger charge is -2.15. The highest BCUT2D eigenvalue weighted by Crippen LogP contribution is 2.20. The van der Waals surface area contributed by atoms with Crippen LogP contribution in [0.2, 0.25) is 0 Å². The van der Waals surface area contributed by atoms with Crippen molar-refractivity contribution < 1.29 is 0 Å². The summed E-state index contributed by atoms with van der Waals surface area (Å²) < 4.78 is 0. The maximum Gasteiger partial charge on any atom is -0.00772 e. The molecule has 1 heteroatoms. The van der Waals surface area contributed by atoms with Gasteiger partial charge in [0.1, 0.15) is 0 Å². The van der Waals surface area contributed by atoms with Crippen molar-refractivity contribution in [1.29, 1.82) is 0 Å². The second kappa shape index (κ2) is 10.0. The lowest BCUT2D eigenvalue weighted by Crippen LogP contribution is -2.05. The Kier molecular flexibility index (Phi) is 10.0. The van der Waals surface area contributed by atoms with Crippen molar-refractivity contribution in [2.75, 3.05) is 6.54 Å². The summed E-state index contributed by atoms with van der Waals surface area (Å²) in [6.45, 7) is 5.42. The van der Waals surface area contributed by atoms with Crippen molar-refractivity contribution >= 4 is 0 Å². The molecule has 1 nitrogen and oxygen atoms in total. The molecule has 80 valence electrons. The van der Waals surface area contributed by atoms with Gasteiger partial charge in [0.15, 0.2) is 0 Å². The first-order valence-electron chi connectivity index (χ1n) is 6.05. The third kappa shape index (κ3) is 8.29. The molecule has 0 aliphatic heterocycles.